The maximum atomic E-state index is 13.8. The van der Waals surface area contributed by atoms with Crippen LogP contribution in [0.25, 0.3) is 11.0 Å². The number of rotatable bonds is 6. The number of hydrogen-bond donors (Lipinski definition) is 1. The number of hydrogen-bond acceptors (Lipinski definition) is 5. The molecule has 0 saturated carbocycles. The van der Waals surface area contributed by atoms with Crippen molar-refractivity contribution in [3.05, 3.63) is 66.5 Å². The van der Waals surface area contributed by atoms with Gasteiger partial charge in [-0.2, -0.15) is 22.0 Å². The van der Waals surface area contributed by atoms with Gasteiger partial charge in [0.05, 0.1) is 29.6 Å². The van der Waals surface area contributed by atoms with Crippen LogP contribution in [-0.2, 0) is 13.6 Å². The molecule has 0 atom stereocenters. The Morgan fingerprint density at radius 3 is 2.49 bits per heavy atom. The van der Waals surface area contributed by atoms with Crippen LogP contribution >= 0.6 is 0 Å². The molecule has 0 aliphatic carbocycles. The molecule has 1 N–H and O–H groups in total. The van der Waals surface area contributed by atoms with E-state index in [1.807, 2.05) is 7.05 Å². The molecule has 1 aliphatic heterocycles. The molecule has 0 fully saturated rings. The second-order valence-electron chi connectivity index (χ2n) is 8.25. The van der Waals surface area contributed by atoms with Gasteiger partial charge in [0, 0.05) is 18.3 Å². The molecule has 0 saturated heterocycles. The average Bonchev–Trinajstić information content (AvgIpc) is 3.22. The largest absolute Gasteiger partial charge is 0.435 e. The third-order valence-corrected chi connectivity index (χ3v) is 5.73. The zero-order valence-electron chi connectivity index (χ0n) is 19.2. The number of carbonyl (C=O) groups excluding carboxylic acids is 1. The first-order valence-corrected chi connectivity index (χ1v) is 11.0. The molecule has 4 aromatic rings. The van der Waals surface area contributed by atoms with Gasteiger partial charge in [-0.25, -0.2) is 19.7 Å². The SMILES string of the molecule is Cn1cnc2ccc(N3Cc4ccc(NCC(F)(F)F)nc4N(c4ccc(OC(F)F)cc4)C3=O)cc21. The second-order valence-corrected chi connectivity index (χ2v) is 8.25. The molecule has 2 amide bonds. The van der Waals surface area contributed by atoms with Crippen LogP contribution in [0.1, 0.15) is 5.56 Å². The number of imidazole rings is 1. The number of aromatic nitrogens is 3. The van der Waals surface area contributed by atoms with Crippen LogP contribution in [-0.4, -0.2) is 39.9 Å². The molecule has 5 rings (SSSR count). The number of urea groups is 1. The van der Waals surface area contributed by atoms with Gasteiger partial charge in [0.25, 0.3) is 0 Å². The van der Waals surface area contributed by atoms with Crippen molar-refractivity contribution in [2.75, 3.05) is 21.7 Å². The highest BCUT2D eigenvalue weighted by Crippen LogP contribution is 2.38. The number of benzene rings is 2. The van der Waals surface area contributed by atoms with Crippen molar-refractivity contribution in [1.29, 1.82) is 0 Å². The molecular weight excluding hydrogens is 499 g/mol. The summed E-state index contributed by atoms with van der Waals surface area (Å²) in [7, 11) is 1.82. The zero-order chi connectivity index (χ0) is 26.3. The fraction of sp³-hybridized carbons (Fsp3) is 0.208. The molecule has 8 nitrogen and oxygen atoms in total. The normalized spacial score (nSPS) is 13.9. The Labute approximate surface area is 206 Å². The summed E-state index contributed by atoms with van der Waals surface area (Å²) >= 11 is 0. The summed E-state index contributed by atoms with van der Waals surface area (Å²) in [6.07, 6.45) is -2.81. The van der Waals surface area contributed by atoms with E-state index >= 15 is 0 Å². The summed E-state index contributed by atoms with van der Waals surface area (Å²) in [6.45, 7) is -4.22. The number of nitrogens with zero attached hydrogens (tertiary/aromatic N) is 5. The number of fused-ring (bicyclic) bond motifs is 2. The van der Waals surface area contributed by atoms with E-state index in [9.17, 15) is 26.7 Å². The van der Waals surface area contributed by atoms with Gasteiger partial charge in [0.1, 0.15) is 23.9 Å². The van der Waals surface area contributed by atoms with Crippen molar-refractivity contribution in [3.63, 3.8) is 0 Å². The van der Waals surface area contributed by atoms with E-state index in [0.29, 0.717) is 11.3 Å². The highest BCUT2D eigenvalue weighted by atomic mass is 19.4. The van der Waals surface area contributed by atoms with Gasteiger partial charge in [-0.15, -0.1) is 0 Å². The number of halogens is 5. The highest BCUT2D eigenvalue weighted by Gasteiger charge is 2.35. The van der Waals surface area contributed by atoms with Crippen molar-refractivity contribution >= 4 is 40.1 Å². The summed E-state index contributed by atoms with van der Waals surface area (Å²) in [5.41, 5.74) is 2.93. The molecule has 192 valence electrons. The standard InChI is InChI=1S/C24H19F5N6O2/c1-33-13-31-18-8-5-16(10-19(18)33)34-11-14-2-9-20(30-12-24(27,28)29)32-21(14)35(23(34)36)15-3-6-17(7-4-15)37-22(25)26/h2-10,13,22H,11-12H2,1H3,(H,30,32). The first kappa shape index (κ1) is 24.3. The van der Waals surface area contributed by atoms with Crippen molar-refractivity contribution in [3.8, 4) is 5.75 Å². The summed E-state index contributed by atoms with van der Waals surface area (Å²) in [6, 6.07) is 13.1. The molecular formula is C24H19F5N6O2. The number of aryl methyl sites for hydroxylation is 1. The van der Waals surface area contributed by atoms with Crippen molar-refractivity contribution < 1.29 is 31.5 Å². The maximum Gasteiger partial charge on any atom is 0.405 e. The molecule has 0 unspecified atom stereocenters. The van der Waals surface area contributed by atoms with Crippen molar-refractivity contribution in [2.45, 2.75) is 19.3 Å². The van der Waals surface area contributed by atoms with E-state index in [4.69, 9.17) is 0 Å². The van der Waals surface area contributed by atoms with Crippen LogP contribution in [0.2, 0.25) is 0 Å². The Balaban J connectivity index is 1.56. The molecule has 3 heterocycles. The van der Waals surface area contributed by atoms with E-state index < -0.39 is 25.4 Å². The molecule has 0 radical (unpaired) electrons. The van der Waals surface area contributed by atoms with E-state index in [1.54, 1.807) is 35.2 Å². The van der Waals surface area contributed by atoms with Crippen LogP contribution < -0.4 is 19.9 Å². The van der Waals surface area contributed by atoms with Crippen molar-refractivity contribution in [2.24, 2.45) is 7.05 Å². The Morgan fingerprint density at radius 1 is 1.05 bits per heavy atom. The Kier molecular flexibility index (Phi) is 6.05. The maximum absolute atomic E-state index is 13.8. The topological polar surface area (TPSA) is 75.5 Å². The Bertz CT molecular complexity index is 1450. The number of anilines is 4. The van der Waals surface area contributed by atoms with Crippen LogP contribution in [0.15, 0.2) is 60.9 Å². The van der Waals surface area contributed by atoms with Gasteiger partial charge in [0.2, 0.25) is 0 Å². The number of ether oxygens (including phenoxy) is 1. The lowest BCUT2D eigenvalue weighted by molar-refractivity contribution is -0.115. The van der Waals surface area contributed by atoms with E-state index in [0.717, 1.165) is 11.0 Å². The Hall–Kier alpha value is -4.42. The number of alkyl halides is 5. The summed E-state index contributed by atoms with van der Waals surface area (Å²) < 4.78 is 69.6. The predicted octanol–water partition coefficient (Wildman–Crippen LogP) is 5.82. The molecule has 37 heavy (non-hydrogen) atoms. The van der Waals surface area contributed by atoms with Crippen LogP contribution in [0.3, 0.4) is 0 Å². The Morgan fingerprint density at radius 2 is 1.78 bits per heavy atom. The van der Waals surface area contributed by atoms with Crippen LogP contribution in [0.5, 0.6) is 5.75 Å². The molecule has 1 aliphatic rings. The number of carbonyl (C=O) groups is 1. The van der Waals surface area contributed by atoms with Crippen molar-refractivity contribution in [1.82, 2.24) is 14.5 Å². The first-order chi connectivity index (χ1) is 17.6. The summed E-state index contributed by atoms with van der Waals surface area (Å²) in [5.74, 6) is -0.0654. The third-order valence-electron chi connectivity index (χ3n) is 5.73. The van der Waals surface area contributed by atoms with Crippen LogP contribution in [0, 0.1) is 0 Å². The molecule has 2 aromatic carbocycles. The van der Waals surface area contributed by atoms with Gasteiger partial charge in [-0.3, -0.25) is 4.90 Å². The number of nitrogens with one attached hydrogen (secondary N) is 1. The fourth-order valence-corrected chi connectivity index (χ4v) is 4.03. The minimum atomic E-state index is -4.46. The third kappa shape index (κ3) is 4.97. The van der Waals surface area contributed by atoms with Gasteiger partial charge >= 0.3 is 18.8 Å². The van der Waals surface area contributed by atoms with Gasteiger partial charge < -0.3 is 14.6 Å². The average molecular weight is 518 g/mol. The minimum Gasteiger partial charge on any atom is -0.435 e. The highest BCUT2D eigenvalue weighted by molar-refractivity contribution is 6.10. The zero-order valence-corrected chi connectivity index (χ0v) is 19.2. The summed E-state index contributed by atoms with van der Waals surface area (Å²) in [5, 5.41) is 2.22. The van der Waals surface area contributed by atoms with E-state index in [2.05, 4.69) is 20.0 Å². The minimum absolute atomic E-state index is 0.0729. The van der Waals surface area contributed by atoms with Gasteiger partial charge in [-0.1, -0.05) is 0 Å². The lowest BCUT2D eigenvalue weighted by Crippen LogP contribution is -2.45. The molecule has 0 spiro atoms. The molecule has 2 aromatic heterocycles. The van der Waals surface area contributed by atoms with E-state index in [-0.39, 0.29) is 29.6 Å². The number of pyridine rings is 1. The lowest BCUT2D eigenvalue weighted by Gasteiger charge is -2.36. The molecule has 0 bridgehead atoms. The predicted molar refractivity (Wildman–Crippen MR) is 126 cm³/mol. The fourth-order valence-electron chi connectivity index (χ4n) is 4.03. The smallest absolute Gasteiger partial charge is 0.405 e. The quantitative estimate of drug-likeness (QED) is 0.326. The summed E-state index contributed by atoms with van der Waals surface area (Å²) in [4.78, 5) is 25.0. The van der Waals surface area contributed by atoms with Gasteiger partial charge in [0.15, 0.2) is 0 Å². The lowest BCUT2D eigenvalue weighted by atomic mass is 10.1. The molecule has 13 heteroatoms. The monoisotopic (exact) mass is 518 g/mol. The van der Waals surface area contributed by atoms with Crippen LogP contribution in [0.4, 0.5) is 49.8 Å². The van der Waals surface area contributed by atoms with E-state index in [1.165, 1.54) is 40.1 Å². The first-order valence-electron chi connectivity index (χ1n) is 11.0. The number of amides is 2. The second kappa shape index (κ2) is 9.22. The van der Waals surface area contributed by atoms with Gasteiger partial charge in [-0.05, 0) is 54.6 Å².